The van der Waals surface area contributed by atoms with Crippen LogP contribution in [0.1, 0.15) is 11.1 Å². The predicted molar refractivity (Wildman–Crippen MR) is 113 cm³/mol. The summed E-state index contributed by atoms with van der Waals surface area (Å²) < 4.78 is 10.5. The van der Waals surface area contributed by atoms with Gasteiger partial charge in [-0.25, -0.2) is 0 Å². The molecule has 0 atom stereocenters. The lowest BCUT2D eigenvalue weighted by atomic mass is 10.1. The number of amides is 1. The lowest BCUT2D eigenvalue weighted by molar-refractivity contribution is -0.115. The van der Waals surface area contributed by atoms with Gasteiger partial charge in [-0.3, -0.25) is 4.79 Å². The van der Waals surface area contributed by atoms with Crippen molar-refractivity contribution in [2.75, 3.05) is 24.9 Å². The number of benzene rings is 3. The van der Waals surface area contributed by atoms with Crippen molar-refractivity contribution in [3.63, 3.8) is 0 Å². The molecule has 0 spiro atoms. The Bertz CT molecular complexity index is 1020. The van der Waals surface area contributed by atoms with Crippen LogP contribution in [0.25, 0.3) is 0 Å². The molecular formula is C23H21N3O3. The van der Waals surface area contributed by atoms with E-state index in [0.29, 0.717) is 22.7 Å². The van der Waals surface area contributed by atoms with Crippen molar-refractivity contribution in [3.8, 4) is 17.6 Å². The Morgan fingerprint density at radius 2 is 1.45 bits per heavy atom. The van der Waals surface area contributed by atoms with Crippen molar-refractivity contribution in [2.45, 2.75) is 6.42 Å². The molecule has 0 aromatic heterocycles. The number of methoxy groups -OCH3 is 2. The second-order valence-electron chi connectivity index (χ2n) is 6.31. The van der Waals surface area contributed by atoms with Gasteiger partial charge in [0.15, 0.2) is 11.5 Å². The number of hydrogen-bond acceptors (Lipinski definition) is 5. The molecule has 0 bridgehead atoms. The van der Waals surface area contributed by atoms with Crippen molar-refractivity contribution in [1.29, 1.82) is 5.26 Å². The third-order valence-corrected chi connectivity index (χ3v) is 4.28. The van der Waals surface area contributed by atoms with Crippen LogP contribution in [0.5, 0.6) is 11.5 Å². The molecule has 2 N–H and O–H groups in total. The molecule has 0 unspecified atom stereocenters. The minimum Gasteiger partial charge on any atom is -0.493 e. The number of carbonyl (C=O) groups excluding carboxylic acids is 1. The average Bonchev–Trinajstić information content (AvgIpc) is 2.75. The lowest BCUT2D eigenvalue weighted by Gasteiger charge is -2.11. The minimum absolute atomic E-state index is 0.120. The molecule has 6 heteroatoms. The minimum atomic E-state index is -0.120. The Morgan fingerprint density at radius 1 is 0.862 bits per heavy atom. The van der Waals surface area contributed by atoms with Gasteiger partial charge in [0, 0.05) is 17.1 Å². The van der Waals surface area contributed by atoms with Crippen LogP contribution in [0.4, 0.5) is 17.1 Å². The third-order valence-electron chi connectivity index (χ3n) is 4.28. The van der Waals surface area contributed by atoms with Crippen molar-refractivity contribution in [1.82, 2.24) is 0 Å². The van der Waals surface area contributed by atoms with Gasteiger partial charge in [0.1, 0.15) is 0 Å². The highest BCUT2D eigenvalue weighted by molar-refractivity contribution is 5.92. The first-order chi connectivity index (χ1) is 14.1. The summed E-state index contributed by atoms with van der Waals surface area (Å²) in [4.78, 5) is 12.3. The standard InChI is InChI=1S/C23H21N3O3/c1-28-21-12-5-17(13-22(21)29-2)14-23(27)26-20-10-8-19(9-11-20)25-18-6-3-16(15-24)4-7-18/h3-13,25H,14H2,1-2H3,(H,26,27). The van der Waals surface area contributed by atoms with Crippen LogP contribution in [0.2, 0.25) is 0 Å². The van der Waals surface area contributed by atoms with Gasteiger partial charge < -0.3 is 20.1 Å². The number of nitrogens with zero attached hydrogens (tertiary/aromatic N) is 1. The van der Waals surface area contributed by atoms with E-state index >= 15 is 0 Å². The summed E-state index contributed by atoms with van der Waals surface area (Å²) in [5.74, 6) is 1.10. The molecule has 0 saturated heterocycles. The lowest BCUT2D eigenvalue weighted by Crippen LogP contribution is -2.14. The first-order valence-corrected chi connectivity index (χ1v) is 8.99. The van der Waals surface area contributed by atoms with Gasteiger partial charge in [-0.2, -0.15) is 5.26 Å². The molecule has 3 aromatic rings. The Hall–Kier alpha value is -3.98. The molecule has 3 rings (SSSR count). The molecule has 0 radical (unpaired) electrons. The Labute approximate surface area is 169 Å². The van der Waals surface area contributed by atoms with Gasteiger partial charge in [-0.1, -0.05) is 6.07 Å². The summed E-state index contributed by atoms with van der Waals surface area (Å²) in [7, 11) is 3.14. The summed E-state index contributed by atoms with van der Waals surface area (Å²) in [5, 5.41) is 15.0. The Kier molecular flexibility index (Phi) is 6.33. The monoisotopic (exact) mass is 387 g/mol. The third kappa shape index (κ3) is 5.27. The smallest absolute Gasteiger partial charge is 0.228 e. The largest absolute Gasteiger partial charge is 0.493 e. The predicted octanol–water partition coefficient (Wildman–Crippen LogP) is 4.50. The second-order valence-corrected chi connectivity index (χ2v) is 6.31. The molecule has 0 heterocycles. The van der Waals surface area contributed by atoms with E-state index in [1.807, 2.05) is 42.5 Å². The van der Waals surface area contributed by atoms with Crippen LogP contribution in [-0.4, -0.2) is 20.1 Å². The van der Waals surface area contributed by atoms with E-state index in [1.54, 1.807) is 38.5 Å². The van der Waals surface area contributed by atoms with Crippen LogP contribution >= 0.6 is 0 Å². The topological polar surface area (TPSA) is 83.4 Å². The number of rotatable bonds is 7. The number of anilines is 3. The van der Waals surface area contributed by atoms with Crippen LogP contribution in [0.15, 0.2) is 66.7 Å². The molecule has 1 amide bonds. The fourth-order valence-corrected chi connectivity index (χ4v) is 2.81. The van der Waals surface area contributed by atoms with Gasteiger partial charge in [0.2, 0.25) is 5.91 Å². The van der Waals surface area contributed by atoms with Gasteiger partial charge in [-0.05, 0) is 66.2 Å². The molecule has 0 saturated carbocycles. The number of nitrogens with one attached hydrogen (secondary N) is 2. The van der Waals surface area contributed by atoms with E-state index in [9.17, 15) is 4.79 Å². The number of ether oxygens (including phenoxy) is 2. The summed E-state index contributed by atoms with van der Waals surface area (Å²) in [5.41, 5.74) is 3.92. The molecule has 0 aliphatic carbocycles. The average molecular weight is 387 g/mol. The fraction of sp³-hybridized carbons (Fsp3) is 0.130. The molecule has 0 fully saturated rings. The maximum absolute atomic E-state index is 12.3. The maximum atomic E-state index is 12.3. The molecule has 0 aliphatic rings. The van der Waals surface area contributed by atoms with E-state index in [2.05, 4.69) is 16.7 Å². The highest BCUT2D eigenvalue weighted by Gasteiger charge is 2.09. The first kappa shape index (κ1) is 19.8. The normalized spacial score (nSPS) is 9.97. The van der Waals surface area contributed by atoms with Gasteiger partial charge in [-0.15, -0.1) is 0 Å². The van der Waals surface area contributed by atoms with Crippen LogP contribution in [0, 0.1) is 11.3 Å². The SMILES string of the molecule is COc1ccc(CC(=O)Nc2ccc(Nc3ccc(C#N)cc3)cc2)cc1OC. The zero-order chi connectivity index (χ0) is 20.6. The molecule has 0 aliphatic heterocycles. The Balaban J connectivity index is 1.59. The van der Waals surface area contributed by atoms with Crippen LogP contribution in [0.3, 0.4) is 0 Å². The van der Waals surface area contributed by atoms with Crippen molar-refractivity contribution in [3.05, 3.63) is 77.9 Å². The number of carbonyl (C=O) groups is 1. The van der Waals surface area contributed by atoms with Crippen molar-refractivity contribution in [2.24, 2.45) is 0 Å². The number of nitriles is 1. The van der Waals surface area contributed by atoms with Crippen molar-refractivity contribution >= 4 is 23.0 Å². The van der Waals surface area contributed by atoms with Crippen LogP contribution < -0.4 is 20.1 Å². The zero-order valence-electron chi connectivity index (χ0n) is 16.2. The van der Waals surface area contributed by atoms with Gasteiger partial charge in [0.25, 0.3) is 0 Å². The molecule has 146 valence electrons. The summed E-state index contributed by atoms with van der Waals surface area (Å²) in [6.07, 6.45) is 0.228. The Morgan fingerprint density at radius 3 is 2.03 bits per heavy atom. The van der Waals surface area contributed by atoms with Gasteiger partial charge >= 0.3 is 0 Å². The molecule has 6 nitrogen and oxygen atoms in total. The van der Waals surface area contributed by atoms with E-state index in [0.717, 1.165) is 16.9 Å². The zero-order valence-corrected chi connectivity index (χ0v) is 16.2. The summed E-state index contributed by atoms with van der Waals surface area (Å²) in [6, 6.07) is 22.1. The van der Waals surface area contributed by atoms with E-state index in [-0.39, 0.29) is 12.3 Å². The van der Waals surface area contributed by atoms with Gasteiger partial charge in [0.05, 0.1) is 32.3 Å². The maximum Gasteiger partial charge on any atom is 0.228 e. The summed E-state index contributed by atoms with van der Waals surface area (Å²) >= 11 is 0. The highest BCUT2D eigenvalue weighted by Crippen LogP contribution is 2.28. The molecule has 3 aromatic carbocycles. The molecule has 29 heavy (non-hydrogen) atoms. The fourth-order valence-electron chi connectivity index (χ4n) is 2.81. The highest BCUT2D eigenvalue weighted by atomic mass is 16.5. The second kappa shape index (κ2) is 9.29. The summed E-state index contributed by atoms with van der Waals surface area (Å²) in [6.45, 7) is 0. The van der Waals surface area contributed by atoms with Crippen LogP contribution in [-0.2, 0) is 11.2 Å². The van der Waals surface area contributed by atoms with E-state index in [1.165, 1.54) is 0 Å². The van der Waals surface area contributed by atoms with Crippen molar-refractivity contribution < 1.29 is 14.3 Å². The van der Waals surface area contributed by atoms with E-state index < -0.39 is 0 Å². The molecular weight excluding hydrogens is 366 g/mol. The van der Waals surface area contributed by atoms with E-state index in [4.69, 9.17) is 14.7 Å². The quantitative estimate of drug-likeness (QED) is 0.624. The first-order valence-electron chi connectivity index (χ1n) is 8.99. The number of hydrogen-bond donors (Lipinski definition) is 2.